The molecule has 0 spiro atoms. The zero-order valence-electron chi connectivity index (χ0n) is 3.68. The predicted molar refractivity (Wildman–Crippen MR) is 30.2 cm³/mol. The van der Waals surface area contributed by atoms with Gasteiger partial charge in [-0.2, -0.15) is 0 Å². The van der Waals surface area contributed by atoms with Gasteiger partial charge in [0.15, 0.2) is 11.0 Å². The molecule has 1 unspecified atom stereocenters. The van der Waals surface area contributed by atoms with Gasteiger partial charge in [-0.05, 0) is 0 Å². The summed E-state index contributed by atoms with van der Waals surface area (Å²) < 4.78 is 12.5. The number of amides is 1. The van der Waals surface area contributed by atoms with Gasteiger partial charge in [-0.25, -0.2) is 4.21 Å². The van der Waals surface area contributed by atoms with E-state index in [4.69, 9.17) is 11.6 Å². The van der Waals surface area contributed by atoms with Crippen LogP contribution >= 0.6 is 11.6 Å². The maximum absolute atomic E-state index is 10.4. The lowest BCUT2D eigenvalue weighted by molar-refractivity contribution is -0.114. The fraction of sp³-hybridized carbons (Fsp3) is 0. The summed E-state index contributed by atoms with van der Waals surface area (Å²) >= 11 is 5.24. The highest BCUT2D eigenvalue weighted by molar-refractivity contribution is 7.90. The molecule has 1 aliphatic heterocycles. The summed E-state index contributed by atoms with van der Waals surface area (Å²) in [7, 11) is -1.47. The number of hydrogen-bond acceptors (Lipinski definition) is 2. The van der Waals surface area contributed by atoms with E-state index in [9.17, 15) is 9.00 Å². The van der Waals surface area contributed by atoms with Crippen molar-refractivity contribution in [3.05, 3.63) is 10.4 Å². The first-order valence-electron chi connectivity index (χ1n) is 1.80. The maximum atomic E-state index is 10.4. The molecule has 5 heteroatoms. The molecule has 0 fully saturated rings. The molecule has 1 amide bonds. The van der Waals surface area contributed by atoms with E-state index < -0.39 is 16.9 Å². The molecule has 0 bridgehead atoms. The first-order chi connectivity index (χ1) is 3.70. The van der Waals surface area contributed by atoms with Gasteiger partial charge < -0.3 is 0 Å². The lowest BCUT2D eigenvalue weighted by atomic mass is 10.6. The third kappa shape index (κ3) is 0.900. The van der Waals surface area contributed by atoms with Gasteiger partial charge in [-0.15, -0.1) is 0 Å². The van der Waals surface area contributed by atoms with Gasteiger partial charge in [0.2, 0.25) is 0 Å². The van der Waals surface area contributed by atoms with Crippen LogP contribution in [0.25, 0.3) is 0 Å². The van der Waals surface area contributed by atoms with E-state index in [1.807, 2.05) is 0 Å². The monoisotopic (exact) mass is 151 g/mol. The quantitative estimate of drug-likeness (QED) is 0.524. The van der Waals surface area contributed by atoms with Gasteiger partial charge in [0.1, 0.15) is 4.36 Å². The number of carbonyl (C=O) groups is 1. The number of rotatable bonds is 0. The van der Waals surface area contributed by atoms with E-state index in [1.54, 1.807) is 0 Å². The Kier molecular flexibility index (Phi) is 1.35. The van der Waals surface area contributed by atoms with Crippen molar-refractivity contribution in [3.8, 4) is 0 Å². The Morgan fingerprint density at radius 2 is 2.38 bits per heavy atom. The van der Waals surface area contributed by atoms with Crippen LogP contribution in [0.3, 0.4) is 0 Å². The van der Waals surface area contributed by atoms with Crippen LogP contribution in [0, 0.1) is 0 Å². The second kappa shape index (κ2) is 1.87. The highest BCUT2D eigenvalue weighted by Crippen LogP contribution is 2.09. The van der Waals surface area contributed by atoms with Crippen LogP contribution in [0.1, 0.15) is 0 Å². The maximum Gasteiger partial charge on any atom is 0.258 e. The van der Waals surface area contributed by atoms with Crippen molar-refractivity contribution in [2.75, 3.05) is 0 Å². The van der Waals surface area contributed by atoms with Gasteiger partial charge >= 0.3 is 0 Å². The Labute approximate surface area is 53.3 Å². The largest absolute Gasteiger partial charge is 0.269 e. The Hall–Kier alpha value is -0.350. The summed E-state index contributed by atoms with van der Waals surface area (Å²) in [4.78, 5) is 10.2. The van der Waals surface area contributed by atoms with Crippen molar-refractivity contribution < 1.29 is 9.00 Å². The summed E-state index contributed by atoms with van der Waals surface area (Å²) in [5.74, 6) is -0.395. The molecule has 44 valence electrons. The molecule has 1 heterocycles. The smallest absolute Gasteiger partial charge is 0.258 e. The molecular weight excluding hydrogens is 150 g/mol. The Bertz CT molecular complexity index is 188. The first kappa shape index (κ1) is 5.78. The second-order valence-electron chi connectivity index (χ2n) is 1.18. The molecule has 3 nitrogen and oxygen atoms in total. The summed E-state index contributed by atoms with van der Waals surface area (Å²) in [6, 6.07) is 0. The second-order valence-corrected chi connectivity index (χ2v) is 3.00. The van der Waals surface area contributed by atoms with Crippen LogP contribution < -0.4 is 4.72 Å². The fourth-order valence-corrected chi connectivity index (χ4v) is 1.09. The molecule has 0 aliphatic carbocycles. The highest BCUT2D eigenvalue weighted by Gasteiger charge is 2.15. The van der Waals surface area contributed by atoms with E-state index in [2.05, 4.69) is 4.72 Å². The van der Waals surface area contributed by atoms with Crippen molar-refractivity contribution >= 4 is 28.5 Å². The van der Waals surface area contributed by atoms with Crippen LogP contribution in [-0.2, 0) is 15.8 Å². The molecular formula is C3H2ClNO2S. The van der Waals surface area contributed by atoms with Gasteiger partial charge in [0.25, 0.3) is 5.91 Å². The SMILES string of the molecule is O=C1C=C(Cl)S(=O)N1. The fourth-order valence-electron chi connectivity index (χ4n) is 0.326. The van der Waals surface area contributed by atoms with E-state index in [0.717, 1.165) is 6.08 Å². The van der Waals surface area contributed by atoms with Crippen molar-refractivity contribution in [1.29, 1.82) is 0 Å². The molecule has 1 atom stereocenters. The van der Waals surface area contributed by atoms with Crippen LogP contribution in [-0.4, -0.2) is 10.1 Å². The van der Waals surface area contributed by atoms with Crippen molar-refractivity contribution in [2.24, 2.45) is 0 Å². The van der Waals surface area contributed by atoms with Crippen LogP contribution in [0.2, 0.25) is 0 Å². The van der Waals surface area contributed by atoms with E-state index in [1.165, 1.54) is 0 Å². The van der Waals surface area contributed by atoms with E-state index in [-0.39, 0.29) is 4.36 Å². The minimum atomic E-state index is -1.47. The van der Waals surface area contributed by atoms with Gasteiger partial charge in [0, 0.05) is 6.08 Å². The van der Waals surface area contributed by atoms with Crippen molar-refractivity contribution in [3.63, 3.8) is 0 Å². The van der Waals surface area contributed by atoms with Crippen LogP contribution in [0.5, 0.6) is 0 Å². The molecule has 0 aromatic carbocycles. The minimum Gasteiger partial charge on any atom is -0.269 e. The van der Waals surface area contributed by atoms with Gasteiger partial charge in [-0.1, -0.05) is 11.6 Å². The number of nitrogens with one attached hydrogen (secondary N) is 1. The zero-order chi connectivity index (χ0) is 6.15. The minimum absolute atomic E-state index is 0.0648. The molecule has 8 heavy (non-hydrogen) atoms. The average molecular weight is 152 g/mol. The first-order valence-corrected chi connectivity index (χ1v) is 3.32. The molecule has 1 aliphatic rings. The molecule has 1 rings (SSSR count). The third-order valence-corrected chi connectivity index (χ3v) is 2.00. The zero-order valence-corrected chi connectivity index (χ0v) is 5.25. The van der Waals surface area contributed by atoms with Crippen LogP contribution in [0.15, 0.2) is 10.4 Å². The lowest BCUT2D eigenvalue weighted by Gasteiger charge is -1.84. The lowest BCUT2D eigenvalue weighted by Crippen LogP contribution is -2.15. The molecule has 0 radical (unpaired) electrons. The Morgan fingerprint density at radius 1 is 1.75 bits per heavy atom. The summed E-state index contributed by atoms with van der Waals surface area (Å²) in [6.45, 7) is 0. The molecule has 0 aromatic heterocycles. The van der Waals surface area contributed by atoms with Gasteiger partial charge in [-0.3, -0.25) is 9.52 Å². The molecule has 0 saturated carbocycles. The predicted octanol–water partition coefficient (Wildman–Crippen LogP) is -0.140. The third-order valence-electron chi connectivity index (χ3n) is 0.615. The molecule has 0 aromatic rings. The van der Waals surface area contributed by atoms with Crippen LogP contribution in [0.4, 0.5) is 0 Å². The highest BCUT2D eigenvalue weighted by atomic mass is 35.5. The van der Waals surface area contributed by atoms with E-state index in [0.29, 0.717) is 0 Å². The van der Waals surface area contributed by atoms with Gasteiger partial charge in [0.05, 0.1) is 0 Å². The average Bonchev–Trinajstić information content (AvgIpc) is 1.85. The number of carbonyl (C=O) groups excluding carboxylic acids is 1. The summed E-state index contributed by atoms with van der Waals surface area (Å²) in [5.41, 5.74) is 0. The summed E-state index contributed by atoms with van der Waals surface area (Å²) in [6.07, 6.45) is 1.09. The summed E-state index contributed by atoms with van der Waals surface area (Å²) in [5, 5.41) is 0. The van der Waals surface area contributed by atoms with Crippen molar-refractivity contribution in [1.82, 2.24) is 4.72 Å². The number of hydrogen-bond donors (Lipinski definition) is 1. The Morgan fingerprint density at radius 3 is 2.50 bits per heavy atom. The standard InChI is InChI=1S/C3H2ClNO2S/c4-2-1-3(6)5-8(2)7/h1H,(H,5,6). The molecule has 0 saturated heterocycles. The van der Waals surface area contributed by atoms with Crippen molar-refractivity contribution in [2.45, 2.75) is 0 Å². The topological polar surface area (TPSA) is 46.2 Å². The molecule has 1 N–H and O–H groups in total. The number of halogens is 1. The Balaban J connectivity index is 2.88. The normalized spacial score (nSPS) is 27.4. The van der Waals surface area contributed by atoms with E-state index >= 15 is 0 Å².